The van der Waals surface area contributed by atoms with Crippen LogP contribution in [-0.4, -0.2) is 38.3 Å². The molecular formula is C23H19F2N3O3. The summed E-state index contributed by atoms with van der Waals surface area (Å²) in [5.41, 5.74) is 0.0641. The number of aromatic hydroxyl groups is 1. The lowest BCUT2D eigenvalue weighted by atomic mass is 9.79. The average Bonchev–Trinajstić information content (AvgIpc) is 3.25. The summed E-state index contributed by atoms with van der Waals surface area (Å²) in [5.74, 6) is -2.62. The second kappa shape index (κ2) is 7.30. The summed E-state index contributed by atoms with van der Waals surface area (Å²) in [7, 11) is 0. The molecule has 8 heteroatoms. The maximum atomic E-state index is 15.0. The van der Waals surface area contributed by atoms with Crippen molar-refractivity contribution in [1.29, 1.82) is 0 Å². The van der Waals surface area contributed by atoms with E-state index in [1.54, 1.807) is 35.2 Å². The lowest BCUT2D eigenvalue weighted by Gasteiger charge is -2.42. The minimum absolute atomic E-state index is 0.195. The van der Waals surface area contributed by atoms with Crippen LogP contribution in [0.1, 0.15) is 46.4 Å². The molecule has 6 nitrogen and oxygen atoms in total. The van der Waals surface area contributed by atoms with Crippen LogP contribution in [0.25, 0.3) is 0 Å². The molecule has 1 unspecified atom stereocenters. The molecule has 2 aliphatic heterocycles. The fraction of sp³-hybridized carbons (Fsp3) is 0.261. The number of amides is 1. The third-order valence-electron chi connectivity index (χ3n) is 6.24. The molecule has 0 radical (unpaired) electrons. The van der Waals surface area contributed by atoms with Crippen LogP contribution in [0.5, 0.6) is 5.75 Å². The minimum atomic E-state index is -0.750. The summed E-state index contributed by atoms with van der Waals surface area (Å²) in [5, 5.41) is 14.6. The Morgan fingerprint density at radius 3 is 2.55 bits per heavy atom. The van der Waals surface area contributed by atoms with Crippen LogP contribution in [0.2, 0.25) is 0 Å². The van der Waals surface area contributed by atoms with Gasteiger partial charge in [-0.15, -0.1) is 0 Å². The van der Waals surface area contributed by atoms with Gasteiger partial charge in [0, 0.05) is 12.5 Å². The van der Waals surface area contributed by atoms with E-state index in [0.29, 0.717) is 24.1 Å². The summed E-state index contributed by atoms with van der Waals surface area (Å²) >= 11 is 0. The van der Waals surface area contributed by atoms with Gasteiger partial charge in [-0.3, -0.25) is 14.3 Å². The first-order chi connectivity index (χ1) is 15.0. The number of hydrogen-bond donors (Lipinski definition) is 1. The fourth-order valence-electron chi connectivity index (χ4n) is 4.90. The molecule has 0 bridgehead atoms. The molecule has 2 aliphatic rings. The topological polar surface area (TPSA) is 75.4 Å². The van der Waals surface area contributed by atoms with Crippen molar-refractivity contribution in [3.63, 3.8) is 0 Å². The first-order valence-electron chi connectivity index (χ1n) is 10.1. The van der Waals surface area contributed by atoms with Crippen molar-refractivity contribution in [1.82, 2.24) is 14.7 Å². The molecule has 3 atom stereocenters. The number of hydrogen-bond acceptors (Lipinski definition) is 4. The lowest BCUT2D eigenvalue weighted by molar-refractivity contribution is 0.0564. The van der Waals surface area contributed by atoms with Crippen LogP contribution in [-0.2, 0) is 0 Å². The number of aromatic nitrogens is 2. The van der Waals surface area contributed by atoms with Crippen LogP contribution < -0.4 is 5.43 Å². The predicted octanol–water partition coefficient (Wildman–Crippen LogP) is 3.22. The maximum absolute atomic E-state index is 15.0. The van der Waals surface area contributed by atoms with Crippen molar-refractivity contribution in [3.8, 4) is 5.75 Å². The number of rotatable bonds is 3. The minimum Gasteiger partial charge on any atom is -0.502 e. The van der Waals surface area contributed by atoms with Crippen LogP contribution in [0.3, 0.4) is 0 Å². The van der Waals surface area contributed by atoms with Gasteiger partial charge >= 0.3 is 0 Å². The quantitative estimate of drug-likeness (QED) is 0.702. The van der Waals surface area contributed by atoms with Crippen molar-refractivity contribution in [2.45, 2.75) is 30.8 Å². The van der Waals surface area contributed by atoms with Crippen molar-refractivity contribution in [2.75, 3.05) is 6.54 Å². The number of fused-ring (bicyclic) bond motifs is 2. The first kappa shape index (κ1) is 19.4. The van der Waals surface area contributed by atoms with E-state index in [4.69, 9.17) is 0 Å². The number of carbonyl (C=O) groups excluding carboxylic acids is 1. The normalized spacial score (nSPS) is 21.0. The Labute approximate surface area is 176 Å². The monoisotopic (exact) mass is 423 g/mol. The highest BCUT2D eigenvalue weighted by Crippen LogP contribution is 2.46. The Bertz CT molecular complexity index is 1230. The predicted molar refractivity (Wildman–Crippen MR) is 108 cm³/mol. The van der Waals surface area contributed by atoms with Gasteiger partial charge < -0.3 is 10.0 Å². The Balaban J connectivity index is 1.79. The Morgan fingerprint density at radius 2 is 1.81 bits per heavy atom. The van der Waals surface area contributed by atoms with Gasteiger partial charge in [0.25, 0.3) is 5.91 Å². The van der Waals surface area contributed by atoms with Crippen LogP contribution in [0.15, 0.2) is 59.5 Å². The highest BCUT2D eigenvalue weighted by atomic mass is 19.1. The molecule has 5 rings (SSSR count). The average molecular weight is 423 g/mol. The molecule has 0 spiro atoms. The summed E-state index contributed by atoms with van der Waals surface area (Å²) in [4.78, 5) is 26.7. The van der Waals surface area contributed by atoms with Gasteiger partial charge in [-0.2, -0.15) is 5.10 Å². The largest absolute Gasteiger partial charge is 0.502 e. The summed E-state index contributed by atoms with van der Waals surface area (Å²) < 4.78 is 30.0. The molecule has 0 saturated carbocycles. The smallest absolute Gasteiger partial charge is 0.276 e. The van der Waals surface area contributed by atoms with E-state index in [0.717, 1.165) is 12.6 Å². The molecule has 1 amide bonds. The highest BCUT2D eigenvalue weighted by Gasteiger charge is 2.48. The molecule has 1 fully saturated rings. The van der Waals surface area contributed by atoms with Crippen LogP contribution in [0.4, 0.5) is 8.78 Å². The zero-order valence-corrected chi connectivity index (χ0v) is 16.4. The van der Waals surface area contributed by atoms with Gasteiger partial charge in [0.15, 0.2) is 11.4 Å². The van der Waals surface area contributed by atoms with Gasteiger partial charge in [-0.1, -0.05) is 30.3 Å². The Hall–Kier alpha value is -3.55. The van der Waals surface area contributed by atoms with E-state index in [2.05, 4.69) is 5.10 Å². The molecule has 0 aliphatic carbocycles. The Kier molecular flexibility index (Phi) is 4.57. The van der Waals surface area contributed by atoms with Gasteiger partial charge in [-0.05, 0) is 42.2 Å². The van der Waals surface area contributed by atoms with Gasteiger partial charge in [0.1, 0.15) is 11.6 Å². The van der Waals surface area contributed by atoms with Gasteiger partial charge in [-0.25, -0.2) is 8.78 Å². The molecule has 3 aromatic rings. The Morgan fingerprint density at radius 1 is 1.06 bits per heavy atom. The summed E-state index contributed by atoms with van der Waals surface area (Å²) in [6.45, 7) is 0.468. The van der Waals surface area contributed by atoms with Gasteiger partial charge in [0.2, 0.25) is 5.43 Å². The number of benzene rings is 2. The number of carbonyl (C=O) groups is 1. The number of halogens is 2. The SMILES string of the molecule is O=C1c2c(O)c(=O)cnn2[C@@H](C(c2ccc(F)cc2)c2ccccc2F)[C@H]2CCCN12. The van der Waals surface area contributed by atoms with E-state index in [1.807, 2.05) is 0 Å². The number of nitrogens with zero attached hydrogens (tertiary/aromatic N) is 3. The van der Waals surface area contributed by atoms with Crippen molar-refractivity contribution in [3.05, 3.63) is 93.4 Å². The fourth-order valence-corrected chi connectivity index (χ4v) is 4.90. The van der Waals surface area contributed by atoms with E-state index in [9.17, 15) is 19.1 Å². The second-order valence-electron chi connectivity index (χ2n) is 7.90. The second-order valence-corrected chi connectivity index (χ2v) is 7.90. The molecule has 3 heterocycles. The molecular weight excluding hydrogens is 404 g/mol. The highest BCUT2D eigenvalue weighted by molar-refractivity contribution is 5.96. The molecule has 1 saturated heterocycles. The molecule has 1 N–H and O–H groups in total. The third-order valence-corrected chi connectivity index (χ3v) is 6.24. The van der Waals surface area contributed by atoms with E-state index in [1.165, 1.54) is 22.9 Å². The summed E-state index contributed by atoms with van der Waals surface area (Å²) in [6.07, 6.45) is 2.36. The third kappa shape index (κ3) is 3.01. The molecule has 2 aromatic carbocycles. The van der Waals surface area contributed by atoms with E-state index in [-0.39, 0.29) is 11.7 Å². The van der Waals surface area contributed by atoms with Crippen LogP contribution in [0, 0.1) is 11.6 Å². The van der Waals surface area contributed by atoms with Crippen molar-refractivity contribution >= 4 is 5.91 Å². The zero-order valence-electron chi connectivity index (χ0n) is 16.4. The first-order valence-corrected chi connectivity index (χ1v) is 10.1. The lowest BCUT2D eigenvalue weighted by Crippen LogP contribution is -2.51. The maximum Gasteiger partial charge on any atom is 0.276 e. The molecule has 1 aromatic heterocycles. The zero-order chi connectivity index (χ0) is 21.7. The standard InChI is InChI=1S/C23H19F2N3O3/c24-14-9-7-13(8-10-14)19(15-4-1-2-5-16(15)25)20-17-6-3-11-27(17)23(31)21-22(30)18(29)12-26-28(20)21/h1-2,4-5,7-10,12,17,19-20,30H,3,6,11H2/t17-,19?,20-/m1/s1. The molecule has 31 heavy (non-hydrogen) atoms. The van der Waals surface area contributed by atoms with Crippen molar-refractivity contribution < 1.29 is 18.7 Å². The van der Waals surface area contributed by atoms with E-state index < -0.39 is 40.7 Å². The van der Waals surface area contributed by atoms with Crippen LogP contribution >= 0.6 is 0 Å². The van der Waals surface area contributed by atoms with Crippen molar-refractivity contribution in [2.24, 2.45) is 0 Å². The van der Waals surface area contributed by atoms with E-state index >= 15 is 4.39 Å². The van der Waals surface area contributed by atoms with Gasteiger partial charge in [0.05, 0.1) is 18.3 Å². The summed E-state index contributed by atoms with van der Waals surface area (Å²) in [6, 6.07) is 11.2. The molecule has 158 valence electrons.